The van der Waals surface area contributed by atoms with E-state index in [0.29, 0.717) is 17.8 Å². The lowest BCUT2D eigenvalue weighted by molar-refractivity contribution is -0.124. The molecule has 3 amide bonds. The fourth-order valence-corrected chi connectivity index (χ4v) is 3.13. The van der Waals surface area contributed by atoms with Crippen LogP contribution < -0.4 is 10.2 Å². The predicted molar refractivity (Wildman–Crippen MR) is 104 cm³/mol. The van der Waals surface area contributed by atoms with Crippen LogP contribution in [-0.4, -0.2) is 49.3 Å². The highest BCUT2D eigenvalue weighted by Crippen LogP contribution is 2.24. The van der Waals surface area contributed by atoms with Crippen molar-refractivity contribution < 1.29 is 14.4 Å². The first-order chi connectivity index (χ1) is 13.1. The quantitative estimate of drug-likeness (QED) is 0.795. The summed E-state index contributed by atoms with van der Waals surface area (Å²) >= 11 is 0. The van der Waals surface area contributed by atoms with E-state index in [9.17, 15) is 14.4 Å². The van der Waals surface area contributed by atoms with Gasteiger partial charge < -0.3 is 15.1 Å². The fraction of sp³-hybridized carbons (Fsp3) is 0.286. The zero-order chi connectivity index (χ0) is 19.2. The molecule has 6 nitrogen and oxygen atoms in total. The van der Waals surface area contributed by atoms with Crippen molar-refractivity contribution in [3.8, 4) is 0 Å². The molecule has 1 N–H and O–H groups in total. The number of likely N-dealkylation sites (N-methyl/N-ethyl adjacent to an activating group) is 1. The number of carbonyl (C=O) groups is 3. The maximum absolute atomic E-state index is 12.5. The minimum absolute atomic E-state index is 0.0468. The van der Waals surface area contributed by atoms with E-state index in [1.165, 1.54) is 15.4 Å². The van der Waals surface area contributed by atoms with Gasteiger partial charge in [-0.2, -0.15) is 0 Å². The van der Waals surface area contributed by atoms with Gasteiger partial charge in [-0.1, -0.05) is 42.5 Å². The molecule has 1 aliphatic heterocycles. The van der Waals surface area contributed by atoms with Crippen LogP contribution in [0.1, 0.15) is 22.3 Å². The number of rotatable bonds is 6. The summed E-state index contributed by atoms with van der Waals surface area (Å²) in [5, 5.41) is 2.86. The maximum atomic E-state index is 12.5. The van der Waals surface area contributed by atoms with Gasteiger partial charge in [0.05, 0.1) is 11.3 Å². The van der Waals surface area contributed by atoms with Crippen molar-refractivity contribution in [2.75, 3.05) is 31.6 Å². The molecule has 0 atom stereocenters. The Morgan fingerprint density at radius 3 is 2.52 bits per heavy atom. The number of aryl methyl sites for hydroxylation is 1. The Kier molecular flexibility index (Phi) is 5.86. The van der Waals surface area contributed by atoms with Gasteiger partial charge in [0.15, 0.2) is 0 Å². The van der Waals surface area contributed by atoms with Crippen molar-refractivity contribution in [1.29, 1.82) is 0 Å². The van der Waals surface area contributed by atoms with E-state index in [1.807, 2.05) is 18.2 Å². The molecule has 0 saturated carbocycles. The lowest BCUT2D eigenvalue weighted by atomic mass is 10.1. The fourth-order valence-electron chi connectivity index (χ4n) is 3.13. The molecule has 1 heterocycles. The van der Waals surface area contributed by atoms with Gasteiger partial charge in [0.25, 0.3) is 5.91 Å². The lowest BCUT2D eigenvalue weighted by Gasteiger charge is -2.21. The van der Waals surface area contributed by atoms with Crippen molar-refractivity contribution in [1.82, 2.24) is 10.2 Å². The summed E-state index contributed by atoms with van der Waals surface area (Å²) in [6, 6.07) is 17.0. The number of carbonyl (C=O) groups excluding carboxylic acids is 3. The topological polar surface area (TPSA) is 69.7 Å². The normalized spacial score (nSPS) is 14.0. The molecular weight excluding hydrogens is 342 g/mol. The largest absolute Gasteiger partial charge is 0.355 e. The van der Waals surface area contributed by atoms with Crippen molar-refractivity contribution in [2.24, 2.45) is 0 Å². The van der Waals surface area contributed by atoms with Gasteiger partial charge in [0, 0.05) is 13.6 Å². The van der Waals surface area contributed by atoms with E-state index >= 15 is 0 Å². The first kappa shape index (κ1) is 18.6. The van der Waals surface area contributed by atoms with E-state index in [-0.39, 0.29) is 30.8 Å². The molecule has 1 aliphatic rings. The Labute approximate surface area is 158 Å². The first-order valence-electron chi connectivity index (χ1n) is 9.02. The van der Waals surface area contributed by atoms with Crippen LogP contribution in [0.5, 0.6) is 0 Å². The van der Waals surface area contributed by atoms with Crippen LogP contribution in [0, 0.1) is 0 Å². The summed E-state index contributed by atoms with van der Waals surface area (Å²) < 4.78 is 0. The van der Waals surface area contributed by atoms with E-state index in [1.54, 1.807) is 31.3 Å². The summed E-state index contributed by atoms with van der Waals surface area (Å²) in [4.78, 5) is 40.1. The predicted octanol–water partition coefficient (Wildman–Crippen LogP) is 1.85. The average molecular weight is 365 g/mol. The SMILES string of the molecule is CN1CC(=O)N(CC(=O)NCCCc2ccccc2)c2ccccc2C1=O. The van der Waals surface area contributed by atoms with Crippen LogP contribution >= 0.6 is 0 Å². The molecule has 0 aromatic heterocycles. The van der Waals surface area contributed by atoms with Crippen LogP contribution in [-0.2, 0) is 16.0 Å². The molecule has 6 heteroatoms. The highest BCUT2D eigenvalue weighted by atomic mass is 16.2. The second-order valence-corrected chi connectivity index (χ2v) is 6.60. The van der Waals surface area contributed by atoms with Gasteiger partial charge in [-0.05, 0) is 30.5 Å². The van der Waals surface area contributed by atoms with Crippen molar-refractivity contribution in [3.05, 3.63) is 65.7 Å². The minimum atomic E-state index is -0.268. The summed E-state index contributed by atoms with van der Waals surface area (Å²) in [5.41, 5.74) is 2.14. The van der Waals surface area contributed by atoms with E-state index in [2.05, 4.69) is 17.4 Å². The third-order valence-electron chi connectivity index (χ3n) is 4.55. The minimum Gasteiger partial charge on any atom is -0.355 e. The Bertz CT molecular complexity index is 836. The van der Waals surface area contributed by atoms with E-state index < -0.39 is 0 Å². The Morgan fingerprint density at radius 1 is 1.04 bits per heavy atom. The molecule has 2 aromatic carbocycles. The van der Waals surface area contributed by atoms with Crippen LogP contribution in [0.4, 0.5) is 5.69 Å². The van der Waals surface area contributed by atoms with Gasteiger partial charge in [0.2, 0.25) is 11.8 Å². The summed E-state index contributed by atoms with van der Waals surface area (Å²) in [5.74, 6) is -0.719. The highest BCUT2D eigenvalue weighted by molar-refractivity contribution is 6.11. The Hall–Kier alpha value is -3.15. The van der Waals surface area contributed by atoms with Gasteiger partial charge in [0.1, 0.15) is 13.1 Å². The number of benzene rings is 2. The number of nitrogens with one attached hydrogen (secondary N) is 1. The van der Waals surface area contributed by atoms with Crippen LogP contribution in [0.2, 0.25) is 0 Å². The zero-order valence-electron chi connectivity index (χ0n) is 15.4. The zero-order valence-corrected chi connectivity index (χ0v) is 15.4. The van der Waals surface area contributed by atoms with Gasteiger partial charge in [-0.25, -0.2) is 0 Å². The molecule has 2 aromatic rings. The second kappa shape index (κ2) is 8.49. The van der Waals surface area contributed by atoms with Gasteiger partial charge >= 0.3 is 0 Å². The summed E-state index contributed by atoms with van der Waals surface area (Å²) in [6.45, 7) is 0.396. The second-order valence-electron chi connectivity index (χ2n) is 6.60. The third-order valence-corrected chi connectivity index (χ3v) is 4.55. The molecule has 0 unspecified atom stereocenters. The third kappa shape index (κ3) is 4.53. The van der Waals surface area contributed by atoms with Crippen molar-refractivity contribution in [2.45, 2.75) is 12.8 Å². The van der Waals surface area contributed by atoms with Gasteiger partial charge in [-0.3, -0.25) is 14.4 Å². The maximum Gasteiger partial charge on any atom is 0.256 e. The van der Waals surface area contributed by atoms with Crippen molar-refractivity contribution in [3.63, 3.8) is 0 Å². The molecule has 0 radical (unpaired) electrons. The molecule has 0 bridgehead atoms. The molecule has 27 heavy (non-hydrogen) atoms. The van der Waals surface area contributed by atoms with Gasteiger partial charge in [-0.15, -0.1) is 0 Å². The molecule has 140 valence electrons. The van der Waals surface area contributed by atoms with Crippen LogP contribution in [0.25, 0.3) is 0 Å². The number of amides is 3. The lowest BCUT2D eigenvalue weighted by Crippen LogP contribution is -2.43. The molecule has 0 fully saturated rings. The summed E-state index contributed by atoms with van der Waals surface area (Å²) in [7, 11) is 1.59. The van der Waals surface area contributed by atoms with Crippen molar-refractivity contribution >= 4 is 23.4 Å². The summed E-state index contributed by atoms with van der Waals surface area (Å²) in [6.07, 6.45) is 1.70. The standard InChI is InChI=1S/C21H23N3O3/c1-23-15-20(26)24(18-12-6-5-11-17(18)21(23)27)14-19(25)22-13-7-10-16-8-3-2-4-9-16/h2-6,8-9,11-12H,7,10,13-15H2,1H3,(H,22,25). The van der Waals surface area contributed by atoms with E-state index in [0.717, 1.165) is 12.8 Å². The number of fused-ring (bicyclic) bond motifs is 1. The number of hydrogen-bond donors (Lipinski definition) is 1. The first-order valence-corrected chi connectivity index (χ1v) is 9.02. The monoisotopic (exact) mass is 365 g/mol. The molecular formula is C21H23N3O3. The Morgan fingerprint density at radius 2 is 1.74 bits per heavy atom. The number of hydrogen-bond acceptors (Lipinski definition) is 3. The molecule has 3 rings (SSSR count). The van der Waals surface area contributed by atoms with E-state index in [4.69, 9.17) is 0 Å². The highest BCUT2D eigenvalue weighted by Gasteiger charge is 2.30. The molecule has 0 saturated heterocycles. The molecule has 0 spiro atoms. The molecule has 0 aliphatic carbocycles. The van der Waals surface area contributed by atoms with Crippen LogP contribution in [0.15, 0.2) is 54.6 Å². The smallest absolute Gasteiger partial charge is 0.256 e. The van der Waals surface area contributed by atoms with Crippen LogP contribution in [0.3, 0.4) is 0 Å². The Balaban J connectivity index is 1.60. The number of nitrogens with zero attached hydrogens (tertiary/aromatic N) is 2. The number of para-hydroxylation sites is 1. The number of anilines is 1. The average Bonchev–Trinajstić information content (AvgIpc) is 2.77.